The van der Waals surface area contributed by atoms with E-state index < -0.39 is 5.92 Å². The Morgan fingerprint density at radius 2 is 1.43 bits per heavy atom. The normalized spacial score (nSPS) is 15.7. The Hall–Kier alpha value is -2.04. The molecule has 1 saturated heterocycles. The van der Waals surface area contributed by atoms with Gasteiger partial charge in [-0.3, -0.25) is 15.0 Å². The Morgan fingerprint density at radius 1 is 0.900 bits per heavy atom. The number of unbranched alkanes of at least 4 members (excludes halogenated alkanes) is 1. The molecule has 1 aromatic carbocycles. The lowest BCUT2D eigenvalue weighted by Gasteiger charge is -2.14. The largest absolute Gasteiger partial charge is 0.394 e. The van der Waals surface area contributed by atoms with Crippen LogP contribution in [0.4, 0.5) is 5.69 Å². The van der Waals surface area contributed by atoms with E-state index in [9.17, 15) is 9.59 Å². The average Bonchev–Trinajstić information content (AvgIpc) is 3.05. The van der Waals surface area contributed by atoms with Crippen molar-refractivity contribution in [1.82, 2.24) is 5.43 Å². The van der Waals surface area contributed by atoms with Gasteiger partial charge in [-0.25, -0.2) is 5.01 Å². The second-order valence-electron chi connectivity index (χ2n) is 6.46. The number of anilines is 1. The van der Waals surface area contributed by atoms with Crippen molar-refractivity contribution >= 4 is 17.5 Å². The van der Waals surface area contributed by atoms with Crippen molar-refractivity contribution in [2.45, 2.75) is 26.2 Å². The lowest BCUT2D eigenvalue weighted by Crippen LogP contribution is -2.35. The summed E-state index contributed by atoms with van der Waals surface area (Å²) in [7, 11) is 0. The molecule has 2 amide bonds. The number of ether oxygens (including phenoxy) is 3. The van der Waals surface area contributed by atoms with Crippen LogP contribution in [0.1, 0.15) is 26.2 Å². The molecule has 9 heteroatoms. The van der Waals surface area contributed by atoms with Gasteiger partial charge < -0.3 is 24.4 Å². The molecule has 170 valence electrons. The first-order valence-electron chi connectivity index (χ1n) is 10.3. The van der Waals surface area contributed by atoms with Crippen molar-refractivity contribution in [2.75, 3.05) is 57.9 Å². The highest BCUT2D eigenvalue weighted by atomic mass is 16.5. The first-order valence-corrected chi connectivity index (χ1v) is 10.3. The van der Waals surface area contributed by atoms with Crippen LogP contribution in [-0.2, 0) is 23.8 Å². The zero-order valence-corrected chi connectivity index (χ0v) is 17.6. The van der Waals surface area contributed by atoms with Crippen LogP contribution in [0.25, 0.3) is 0 Å². The Morgan fingerprint density at radius 3 is 1.93 bits per heavy atom. The van der Waals surface area contributed by atoms with Crippen molar-refractivity contribution in [3.8, 4) is 0 Å². The summed E-state index contributed by atoms with van der Waals surface area (Å²) < 4.78 is 15.0. The Bertz CT molecular complexity index is 576. The second kappa shape index (κ2) is 16.7. The molecule has 0 aromatic heterocycles. The number of nitrogens with zero attached hydrogens (tertiary/aromatic N) is 1. The van der Waals surface area contributed by atoms with E-state index in [2.05, 4.69) is 5.43 Å². The van der Waals surface area contributed by atoms with Gasteiger partial charge in [0.2, 0.25) is 0 Å². The molecule has 0 bridgehead atoms. The fraction of sp³-hybridized carbons (Fsp3) is 0.619. The Kier molecular flexibility index (Phi) is 14.5. The van der Waals surface area contributed by atoms with Gasteiger partial charge in [0, 0.05) is 0 Å². The zero-order valence-electron chi connectivity index (χ0n) is 17.6. The van der Waals surface area contributed by atoms with Crippen LogP contribution in [0.3, 0.4) is 0 Å². The summed E-state index contributed by atoms with van der Waals surface area (Å²) in [6.45, 7) is 4.81. The van der Waals surface area contributed by atoms with Crippen LogP contribution in [0, 0.1) is 5.92 Å². The molecule has 1 aromatic rings. The van der Waals surface area contributed by atoms with Crippen molar-refractivity contribution in [3.05, 3.63) is 30.3 Å². The predicted molar refractivity (Wildman–Crippen MR) is 112 cm³/mol. The van der Waals surface area contributed by atoms with Gasteiger partial charge in [-0.2, -0.15) is 0 Å². The molecule has 2 rings (SSSR count). The van der Waals surface area contributed by atoms with Crippen molar-refractivity contribution in [2.24, 2.45) is 5.92 Å². The van der Waals surface area contributed by atoms with E-state index in [-0.39, 0.29) is 25.0 Å². The summed E-state index contributed by atoms with van der Waals surface area (Å²) in [4.78, 5) is 23.8. The highest BCUT2D eigenvalue weighted by molar-refractivity contribution is 6.14. The van der Waals surface area contributed by atoms with Gasteiger partial charge in [-0.15, -0.1) is 0 Å². The molecule has 1 atom stereocenters. The number of rotatable bonds is 14. The number of hydrazine groups is 1. The van der Waals surface area contributed by atoms with Crippen LogP contribution in [-0.4, -0.2) is 74.9 Å². The standard InChI is InChI=1S/C13H16N2O2.C8H18O5/c1-2-3-9-11-12(16)14-15(13(11)17)10-7-5-4-6-8-10;9-1-3-11-5-7-13-8-6-12-4-2-10/h4-8,11H,2-3,9H2,1H3,(H,14,16);9-10H,1-8H2. The quantitative estimate of drug-likeness (QED) is 0.299. The number of benzene rings is 1. The van der Waals surface area contributed by atoms with Crippen LogP contribution in [0.5, 0.6) is 0 Å². The lowest BCUT2D eigenvalue weighted by molar-refractivity contribution is -0.127. The maximum atomic E-state index is 12.1. The molecule has 0 spiro atoms. The minimum atomic E-state index is -0.518. The summed E-state index contributed by atoms with van der Waals surface area (Å²) in [6.07, 6.45) is 2.51. The number of amides is 2. The van der Waals surface area contributed by atoms with E-state index in [1.54, 1.807) is 12.1 Å². The monoisotopic (exact) mass is 426 g/mol. The molecule has 1 aliphatic rings. The third-order valence-electron chi connectivity index (χ3n) is 4.13. The van der Waals surface area contributed by atoms with Crippen LogP contribution < -0.4 is 10.4 Å². The topological polar surface area (TPSA) is 118 Å². The third-order valence-corrected chi connectivity index (χ3v) is 4.13. The number of nitrogens with one attached hydrogen (secondary N) is 1. The molecular formula is C21H34N2O7. The van der Waals surface area contributed by atoms with Crippen LogP contribution >= 0.6 is 0 Å². The summed E-state index contributed by atoms with van der Waals surface area (Å²) >= 11 is 0. The lowest BCUT2D eigenvalue weighted by atomic mass is 10.0. The van der Waals surface area contributed by atoms with E-state index in [0.29, 0.717) is 51.7 Å². The number of aliphatic hydroxyl groups excluding tert-OH is 2. The summed E-state index contributed by atoms with van der Waals surface area (Å²) in [5.41, 5.74) is 3.34. The fourth-order valence-electron chi connectivity index (χ4n) is 2.61. The highest BCUT2D eigenvalue weighted by Crippen LogP contribution is 2.22. The number of aliphatic hydroxyl groups is 2. The molecular weight excluding hydrogens is 392 g/mol. The van der Waals surface area contributed by atoms with E-state index in [1.807, 2.05) is 25.1 Å². The summed E-state index contributed by atoms with van der Waals surface area (Å²) in [5.74, 6) is -0.850. The number of hydrogen-bond acceptors (Lipinski definition) is 7. The molecule has 0 radical (unpaired) electrons. The third kappa shape index (κ3) is 10.1. The summed E-state index contributed by atoms with van der Waals surface area (Å²) in [5, 5.41) is 18.1. The van der Waals surface area contributed by atoms with Crippen molar-refractivity contribution in [1.29, 1.82) is 0 Å². The zero-order chi connectivity index (χ0) is 22.0. The smallest absolute Gasteiger partial charge is 0.258 e. The average molecular weight is 427 g/mol. The number of carbonyl (C=O) groups is 2. The van der Waals surface area contributed by atoms with E-state index in [0.717, 1.165) is 12.8 Å². The molecule has 1 heterocycles. The highest BCUT2D eigenvalue weighted by Gasteiger charge is 2.39. The van der Waals surface area contributed by atoms with Gasteiger partial charge in [0.15, 0.2) is 0 Å². The molecule has 9 nitrogen and oxygen atoms in total. The first kappa shape index (κ1) is 26.0. The minimum absolute atomic E-state index is 0.0413. The Labute approximate surface area is 177 Å². The molecule has 1 unspecified atom stereocenters. The van der Waals surface area contributed by atoms with Gasteiger partial charge in [0.1, 0.15) is 5.92 Å². The van der Waals surface area contributed by atoms with Gasteiger partial charge >= 0.3 is 0 Å². The summed E-state index contributed by atoms with van der Waals surface area (Å²) in [6, 6.07) is 9.17. The number of carbonyl (C=O) groups excluding carboxylic acids is 2. The molecule has 1 fully saturated rings. The van der Waals surface area contributed by atoms with Crippen molar-refractivity contribution in [3.63, 3.8) is 0 Å². The van der Waals surface area contributed by atoms with E-state index >= 15 is 0 Å². The molecule has 0 saturated carbocycles. The second-order valence-corrected chi connectivity index (χ2v) is 6.46. The maximum absolute atomic E-state index is 12.1. The van der Waals surface area contributed by atoms with Crippen molar-refractivity contribution < 1.29 is 34.0 Å². The molecule has 1 aliphatic heterocycles. The number of para-hydroxylation sites is 1. The van der Waals surface area contributed by atoms with E-state index in [1.165, 1.54) is 5.01 Å². The van der Waals surface area contributed by atoms with Gasteiger partial charge in [-0.1, -0.05) is 38.0 Å². The molecule has 30 heavy (non-hydrogen) atoms. The predicted octanol–water partition coefficient (Wildman–Crippen LogP) is 0.892. The van der Waals surface area contributed by atoms with Crippen LogP contribution in [0.2, 0.25) is 0 Å². The van der Waals surface area contributed by atoms with Gasteiger partial charge in [-0.05, 0) is 18.6 Å². The fourth-order valence-corrected chi connectivity index (χ4v) is 2.61. The van der Waals surface area contributed by atoms with Crippen LogP contribution in [0.15, 0.2) is 30.3 Å². The first-order chi connectivity index (χ1) is 14.7. The van der Waals surface area contributed by atoms with Gasteiger partial charge in [0.25, 0.3) is 11.8 Å². The number of hydrogen-bond donors (Lipinski definition) is 3. The Balaban J connectivity index is 0.000000314. The minimum Gasteiger partial charge on any atom is -0.394 e. The molecule has 3 N–H and O–H groups in total. The van der Waals surface area contributed by atoms with Gasteiger partial charge in [0.05, 0.1) is 58.5 Å². The van der Waals surface area contributed by atoms with E-state index in [4.69, 9.17) is 24.4 Å². The SMILES string of the molecule is CCCCC1C(=O)NN(c2ccccc2)C1=O.OCCOCCOCCOCCO. The maximum Gasteiger partial charge on any atom is 0.258 e. The molecule has 0 aliphatic carbocycles.